The lowest BCUT2D eigenvalue weighted by atomic mass is 10.3. The molecule has 1 atom stereocenters. The molecule has 1 aliphatic heterocycles. The zero-order valence-electron chi connectivity index (χ0n) is 11.9. The lowest BCUT2D eigenvalue weighted by Crippen LogP contribution is -2.40. The smallest absolute Gasteiger partial charge is 0.243 e. The van der Waals surface area contributed by atoms with Gasteiger partial charge in [-0.1, -0.05) is 0 Å². The van der Waals surface area contributed by atoms with Gasteiger partial charge in [-0.25, -0.2) is 8.42 Å². The minimum atomic E-state index is -3.46. The van der Waals surface area contributed by atoms with Crippen LogP contribution < -0.4 is 4.74 Å². The second kappa shape index (κ2) is 6.17. The first-order chi connectivity index (χ1) is 10.4. The van der Waals surface area contributed by atoms with Crippen molar-refractivity contribution in [2.24, 2.45) is 5.92 Å². The van der Waals surface area contributed by atoms with Gasteiger partial charge in [0.2, 0.25) is 10.0 Å². The van der Waals surface area contributed by atoms with Crippen molar-refractivity contribution in [1.29, 1.82) is 0 Å². The van der Waals surface area contributed by atoms with Crippen LogP contribution in [0.2, 0.25) is 0 Å². The number of halogens is 2. The average Bonchev–Trinajstić information content (AvgIpc) is 3.14. The van der Waals surface area contributed by atoms with E-state index in [-0.39, 0.29) is 10.8 Å². The SMILES string of the molecule is O=S(=O)(c1ccc(OC[C@H]2CC2(Cl)Cl)cc1)N1CCOCC1. The van der Waals surface area contributed by atoms with E-state index in [2.05, 4.69) is 0 Å². The number of hydrogen-bond donors (Lipinski definition) is 0. The highest BCUT2D eigenvalue weighted by Crippen LogP contribution is 2.53. The van der Waals surface area contributed by atoms with Crippen LogP contribution in [-0.4, -0.2) is 50.0 Å². The van der Waals surface area contributed by atoms with Crippen molar-refractivity contribution in [3.05, 3.63) is 24.3 Å². The minimum Gasteiger partial charge on any atom is -0.493 e. The van der Waals surface area contributed by atoms with Gasteiger partial charge < -0.3 is 9.47 Å². The summed E-state index contributed by atoms with van der Waals surface area (Å²) in [5.74, 6) is 0.740. The quantitative estimate of drug-likeness (QED) is 0.751. The van der Waals surface area contributed by atoms with Crippen LogP contribution in [-0.2, 0) is 14.8 Å². The van der Waals surface area contributed by atoms with Gasteiger partial charge in [-0.15, -0.1) is 23.2 Å². The van der Waals surface area contributed by atoms with Crippen LogP contribution >= 0.6 is 23.2 Å². The Morgan fingerprint density at radius 2 is 1.82 bits per heavy atom. The van der Waals surface area contributed by atoms with Gasteiger partial charge in [-0.05, 0) is 30.7 Å². The predicted octanol–water partition coefficient (Wildman–Crippen LogP) is 2.28. The van der Waals surface area contributed by atoms with Crippen molar-refractivity contribution < 1.29 is 17.9 Å². The highest BCUT2D eigenvalue weighted by atomic mass is 35.5. The van der Waals surface area contributed by atoms with E-state index in [4.69, 9.17) is 32.7 Å². The lowest BCUT2D eigenvalue weighted by Gasteiger charge is -2.26. The molecule has 3 rings (SSSR count). The van der Waals surface area contributed by atoms with Crippen LogP contribution in [0.1, 0.15) is 6.42 Å². The van der Waals surface area contributed by atoms with Crippen LogP contribution in [0.3, 0.4) is 0 Å². The van der Waals surface area contributed by atoms with Gasteiger partial charge in [0.05, 0.1) is 24.7 Å². The Morgan fingerprint density at radius 3 is 2.36 bits per heavy atom. The van der Waals surface area contributed by atoms with Gasteiger partial charge in [0, 0.05) is 19.0 Å². The molecule has 5 nitrogen and oxygen atoms in total. The van der Waals surface area contributed by atoms with E-state index in [1.54, 1.807) is 24.3 Å². The van der Waals surface area contributed by atoms with Gasteiger partial charge in [0.1, 0.15) is 10.1 Å². The third kappa shape index (κ3) is 3.51. The Morgan fingerprint density at radius 1 is 1.23 bits per heavy atom. The normalized spacial score (nSPS) is 24.9. The molecule has 0 radical (unpaired) electrons. The zero-order chi connectivity index (χ0) is 15.8. The molecule has 1 saturated heterocycles. The Labute approximate surface area is 140 Å². The summed E-state index contributed by atoms with van der Waals surface area (Å²) in [6.45, 7) is 2.06. The van der Waals surface area contributed by atoms with Crippen LogP contribution in [0, 0.1) is 5.92 Å². The summed E-state index contributed by atoms with van der Waals surface area (Å²) in [6.07, 6.45) is 0.722. The van der Waals surface area contributed by atoms with Crippen LogP contribution in [0.4, 0.5) is 0 Å². The molecular formula is C14H17Cl2NO4S. The number of rotatable bonds is 5. The third-order valence-corrected chi connectivity index (χ3v) is 6.68. The van der Waals surface area contributed by atoms with Crippen LogP contribution in [0.5, 0.6) is 5.75 Å². The summed E-state index contributed by atoms with van der Waals surface area (Å²) in [5.41, 5.74) is 0. The van der Waals surface area contributed by atoms with E-state index in [1.807, 2.05) is 0 Å². The molecule has 0 bridgehead atoms. The van der Waals surface area contributed by atoms with Crippen molar-refractivity contribution in [3.8, 4) is 5.75 Å². The zero-order valence-corrected chi connectivity index (χ0v) is 14.2. The standard InChI is InChI=1S/C14H17Cl2NO4S/c15-14(16)9-11(14)10-21-12-1-3-13(4-2-12)22(18,19)17-5-7-20-8-6-17/h1-4,11H,5-10H2/t11-/m1/s1. The molecular weight excluding hydrogens is 349 g/mol. The van der Waals surface area contributed by atoms with Gasteiger partial charge in [-0.3, -0.25) is 0 Å². The Hall–Kier alpha value is -0.530. The monoisotopic (exact) mass is 365 g/mol. The number of ether oxygens (including phenoxy) is 2. The molecule has 0 N–H and O–H groups in total. The van der Waals surface area contributed by atoms with Crippen LogP contribution in [0.15, 0.2) is 29.2 Å². The largest absolute Gasteiger partial charge is 0.493 e. The molecule has 0 amide bonds. The topological polar surface area (TPSA) is 55.8 Å². The number of morpholine rings is 1. The van der Waals surface area contributed by atoms with E-state index in [1.165, 1.54) is 4.31 Å². The van der Waals surface area contributed by atoms with Crippen molar-refractivity contribution >= 4 is 33.2 Å². The van der Waals surface area contributed by atoms with Crippen molar-refractivity contribution in [2.75, 3.05) is 32.9 Å². The molecule has 0 aromatic heterocycles. The summed E-state index contributed by atoms with van der Waals surface area (Å²) in [5, 5.41) is 0. The summed E-state index contributed by atoms with van der Waals surface area (Å²) in [4.78, 5) is 0.261. The molecule has 2 aliphatic rings. The first kappa shape index (κ1) is 16.3. The summed E-state index contributed by atoms with van der Waals surface area (Å²) in [7, 11) is -3.46. The number of alkyl halides is 2. The molecule has 1 aromatic carbocycles. The Bertz CT molecular complexity index is 627. The maximum absolute atomic E-state index is 12.5. The molecule has 1 aliphatic carbocycles. The van der Waals surface area contributed by atoms with E-state index in [0.717, 1.165) is 6.42 Å². The van der Waals surface area contributed by atoms with E-state index >= 15 is 0 Å². The molecule has 1 saturated carbocycles. The molecule has 1 aromatic rings. The van der Waals surface area contributed by atoms with Crippen molar-refractivity contribution in [2.45, 2.75) is 15.6 Å². The number of benzene rings is 1. The number of hydrogen-bond acceptors (Lipinski definition) is 4. The fourth-order valence-electron chi connectivity index (χ4n) is 2.29. The molecule has 0 unspecified atom stereocenters. The van der Waals surface area contributed by atoms with Gasteiger partial charge in [0.25, 0.3) is 0 Å². The van der Waals surface area contributed by atoms with E-state index in [9.17, 15) is 8.42 Å². The first-order valence-electron chi connectivity index (χ1n) is 7.08. The van der Waals surface area contributed by atoms with E-state index in [0.29, 0.717) is 38.7 Å². The molecule has 122 valence electrons. The first-order valence-corrected chi connectivity index (χ1v) is 9.28. The van der Waals surface area contributed by atoms with Crippen molar-refractivity contribution in [1.82, 2.24) is 4.31 Å². The summed E-state index contributed by atoms with van der Waals surface area (Å²) >= 11 is 11.9. The Balaban J connectivity index is 1.63. The van der Waals surface area contributed by atoms with E-state index < -0.39 is 14.4 Å². The average molecular weight is 366 g/mol. The third-order valence-electron chi connectivity index (χ3n) is 3.84. The summed E-state index contributed by atoms with van der Waals surface area (Å²) < 4.78 is 36.4. The number of sulfonamides is 1. The van der Waals surface area contributed by atoms with Crippen LogP contribution in [0.25, 0.3) is 0 Å². The molecule has 2 fully saturated rings. The molecule has 8 heteroatoms. The van der Waals surface area contributed by atoms with Gasteiger partial charge in [0.15, 0.2) is 0 Å². The maximum Gasteiger partial charge on any atom is 0.243 e. The molecule has 0 spiro atoms. The molecule has 1 heterocycles. The van der Waals surface area contributed by atoms with Gasteiger partial charge in [-0.2, -0.15) is 4.31 Å². The van der Waals surface area contributed by atoms with Gasteiger partial charge >= 0.3 is 0 Å². The minimum absolute atomic E-state index is 0.132. The maximum atomic E-state index is 12.5. The second-order valence-corrected chi connectivity index (χ2v) is 8.94. The number of nitrogens with zero attached hydrogens (tertiary/aromatic N) is 1. The fourth-order valence-corrected chi connectivity index (χ4v) is 4.20. The fraction of sp³-hybridized carbons (Fsp3) is 0.571. The highest BCUT2D eigenvalue weighted by Gasteiger charge is 2.52. The Kier molecular flexibility index (Phi) is 4.58. The lowest BCUT2D eigenvalue weighted by molar-refractivity contribution is 0.0730. The summed E-state index contributed by atoms with van der Waals surface area (Å²) in [6, 6.07) is 6.42. The molecule has 22 heavy (non-hydrogen) atoms. The predicted molar refractivity (Wildman–Crippen MR) is 84.1 cm³/mol. The highest BCUT2D eigenvalue weighted by molar-refractivity contribution is 7.89. The second-order valence-electron chi connectivity index (χ2n) is 5.46. The van der Waals surface area contributed by atoms with Crippen molar-refractivity contribution in [3.63, 3.8) is 0 Å².